The number of aliphatic hydroxyl groups excluding tert-OH is 4. The summed E-state index contributed by atoms with van der Waals surface area (Å²) in [7, 11) is 1.00. The van der Waals surface area contributed by atoms with Crippen molar-refractivity contribution in [2.45, 2.75) is 168 Å². The molecule has 4 aliphatic heterocycles. The van der Waals surface area contributed by atoms with Gasteiger partial charge in [-0.05, 0) is 96.1 Å². The van der Waals surface area contributed by atoms with Crippen LogP contribution in [0.15, 0.2) is 64.5 Å². The van der Waals surface area contributed by atoms with Crippen LogP contribution in [0.1, 0.15) is 125 Å². The maximum absolute atomic E-state index is 13.1. The van der Waals surface area contributed by atoms with Crippen LogP contribution in [0, 0.1) is 17.8 Å². The number of allylic oxidation sites excluding steroid dienone is 6. The molecule has 6 aliphatic rings. The number of aliphatic imine (C=N–C) groups is 1. The summed E-state index contributed by atoms with van der Waals surface area (Å²) in [5.41, 5.74) is 2.73. The zero-order valence-electron chi connectivity index (χ0n) is 44.6. The predicted molar refractivity (Wildman–Crippen MR) is 285 cm³/mol. The number of piperidine rings is 3. The Balaban J connectivity index is -0.00000107. The zero-order chi connectivity index (χ0) is 50.1. The average molecular weight is 1150 g/mol. The number of ketones is 1. The quantitative estimate of drug-likeness (QED) is 0.0200. The van der Waals surface area contributed by atoms with Gasteiger partial charge >= 0.3 is 0 Å². The molecule has 0 radical (unpaired) electrons. The zero-order valence-corrected chi connectivity index (χ0v) is 47.6. The molecule has 19 heteroatoms. The van der Waals surface area contributed by atoms with Crippen molar-refractivity contribution >= 4 is 12.0 Å². The van der Waals surface area contributed by atoms with Crippen molar-refractivity contribution in [3.8, 4) is 0 Å². The van der Waals surface area contributed by atoms with Gasteiger partial charge < -0.3 is 72.5 Å². The molecule has 430 valence electrons. The molecule has 0 aromatic rings. The van der Waals surface area contributed by atoms with E-state index < -0.39 is 12.6 Å². The molecule has 0 aromatic carbocycles. The average Bonchev–Trinajstić information content (AvgIpc) is 3.31. The van der Waals surface area contributed by atoms with E-state index in [1.807, 2.05) is 30.6 Å². The Hall–Kier alpha value is -1.36. The van der Waals surface area contributed by atoms with Crippen LogP contribution in [-0.4, -0.2) is 174 Å². The minimum absolute atomic E-state index is 0. The summed E-state index contributed by atoms with van der Waals surface area (Å²) in [5, 5.41) is 71.0. The van der Waals surface area contributed by atoms with E-state index in [0.29, 0.717) is 36.5 Å². The Bertz CT molecular complexity index is 1490. The third-order valence-corrected chi connectivity index (χ3v) is 12.5. The van der Waals surface area contributed by atoms with Gasteiger partial charge in [0.15, 0.2) is 5.78 Å². The van der Waals surface area contributed by atoms with Gasteiger partial charge in [0, 0.05) is 112 Å². The summed E-state index contributed by atoms with van der Waals surface area (Å²) in [5.74, 6) is 1.34. The molecule has 2 aliphatic carbocycles. The Morgan fingerprint density at radius 3 is 1.75 bits per heavy atom. The Morgan fingerprint density at radius 2 is 1.29 bits per heavy atom. The van der Waals surface area contributed by atoms with Gasteiger partial charge in [-0.25, -0.2) is 0 Å². The molecule has 72 heavy (non-hydrogen) atoms. The van der Waals surface area contributed by atoms with Gasteiger partial charge in [-0.3, -0.25) is 9.79 Å². The number of hydrogen-bond acceptors (Lipinski definition) is 11. The van der Waals surface area contributed by atoms with Crippen molar-refractivity contribution in [2.24, 2.45) is 22.7 Å². The van der Waals surface area contributed by atoms with Crippen molar-refractivity contribution in [3.05, 3.63) is 80.8 Å². The molecule has 16 nitrogen and oxygen atoms in total. The van der Waals surface area contributed by atoms with Gasteiger partial charge in [-0.15, -0.1) is 37.8 Å². The number of rotatable bonds is 18. The minimum atomic E-state index is -1.17. The second-order valence-corrected chi connectivity index (χ2v) is 19.3. The third-order valence-electron chi connectivity index (χ3n) is 12.5. The van der Waals surface area contributed by atoms with Crippen LogP contribution in [0.5, 0.6) is 0 Å². The predicted octanol–water partition coefficient (Wildman–Crippen LogP) is 6.34. The first-order chi connectivity index (χ1) is 32.8. The molecule has 8 unspecified atom stereocenters. The Labute approximate surface area is 465 Å². The number of Topliss-reactive ketones (excluding diaryl/α,β-unsaturated/α-hetero) is 1. The smallest absolute Gasteiger partial charge is 0.191 e. The van der Waals surface area contributed by atoms with E-state index in [4.69, 9.17) is 41.5 Å². The van der Waals surface area contributed by atoms with Crippen LogP contribution < -0.4 is 5.32 Å². The molecule has 3 saturated heterocycles. The summed E-state index contributed by atoms with van der Waals surface area (Å²) >= 11 is 0. The maximum Gasteiger partial charge on any atom is 0.191 e. The second-order valence-electron chi connectivity index (χ2n) is 19.3. The van der Waals surface area contributed by atoms with Crippen LogP contribution in [0.2, 0.25) is 0 Å². The molecule has 4 heterocycles. The molecular weight excluding hydrogens is 1050 g/mol. The molecular formula is C53H97N8Ni3O8-3. The number of nitrogens with one attached hydrogen (secondary N) is 1. The first kappa shape index (κ1) is 74.9. The van der Waals surface area contributed by atoms with Crippen LogP contribution in [0.3, 0.4) is 0 Å². The standard InChI is InChI=1S/C24H44N4O.C24H34N4O.2C2H6O2.CH4O.3Ni.H2O/c2*1-3-10-25-15-20-13-19(2)14-21(24(20)29)16-28(17-22-8-4-6-11-26-22)18-23-9-5-7-12-27-23;2*1-2(3)4;1-2;;;;/h15,19-24,29H,3-14,16-18H2,1-2H3;4,6,8,11,13-15,22-23H,3,5,7,9-10,12,16-18H2,1-2H3,(H,25,29);2*2-4H,1H3;2H,1H3;;;;1H2/q2*-2;;;;;;;/p+1. The van der Waals surface area contributed by atoms with E-state index in [1.54, 1.807) is 0 Å². The number of hydrogen-bond donors (Lipinski definition) is 7. The van der Waals surface area contributed by atoms with E-state index in [-0.39, 0.29) is 78.8 Å². The fourth-order valence-electron chi connectivity index (χ4n) is 9.54. The molecule has 0 aromatic heterocycles. The number of nitrogens with zero attached hydrogens (tertiary/aromatic N) is 7. The molecule has 0 bridgehead atoms. The first-order valence-electron chi connectivity index (χ1n) is 26.0. The first-order valence-corrected chi connectivity index (χ1v) is 26.0. The fourth-order valence-corrected chi connectivity index (χ4v) is 9.54. The van der Waals surface area contributed by atoms with Crippen LogP contribution in [0.4, 0.5) is 0 Å². The normalized spacial score (nSPS) is 26.2. The molecule has 4 fully saturated rings. The molecule has 0 spiro atoms. The minimum Gasteiger partial charge on any atom is -0.684 e. The maximum atomic E-state index is 13.1. The van der Waals surface area contributed by atoms with Crippen molar-refractivity contribution in [3.63, 3.8) is 0 Å². The largest absolute Gasteiger partial charge is 0.684 e. The van der Waals surface area contributed by atoms with Crippen molar-refractivity contribution < 1.29 is 90.4 Å². The molecule has 6 rings (SSSR count). The van der Waals surface area contributed by atoms with Gasteiger partial charge in [-0.2, -0.15) is 6.20 Å². The third kappa shape index (κ3) is 33.6. The number of aliphatic hydroxyl groups is 6. The molecule has 10 N–H and O–H groups in total. The SMILES string of the molecule is CC(O)O.CC(O)O.CCCN=CC1CC(C)CC(CN(CC2CCCC[N-]2)CC2CCCC[N-]2)C1O.CCCNC=C1C=C(C)C=C(CN(CC2C=CC=C[N-]2)CC2CCCC[N-]2)C1=O.CO.[Ni].[Ni].[Ni].[OH3+]. The molecule has 8 atom stereocenters. The fraction of sp³-hybridized carbons (Fsp3) is 0.774. The summed E-state index contributed by atoms with van der Waals surface area (Å²) in [6.45, 7) is 21.5. The van der Waals surface area contributed by atoms with Gasteiger partial charge in [0.1, 0.15) is 12.6 Å². The van der Waals surface area contributed by atoms with Gasteiger partial charge in [-0.1, -0.05) is 109 Å². The Morgan fingerprint density at radius 1 is 0.764 bits per heavy atom. The van der Waals surface area contributed by atoms with Crippen molar-refractivity contribution in [1.82, 2.24) is 15.1 Å². The van der Waals surface area contributed by atoms with E-state index in [1.165, 1.54) is 65.2 Å². The van der Waals surface area contributed by atoms with Crippen molar-refractivity contribution in [1.29, 1.82) is 0 Å². The number of carbonyl (C=O) groups is 1. The molecule has 1 saturated carbocycles. The van der Waals surface area contributed by atoms with Crippen LogP contribution in [-0.2, 0) is 59.7 Å². The van der Waals surface area contributed by atoms with Gasteiger partial charge in [0.2, 0.25) is 0 Å². The van der Waals surface area contributed by atoms with Crippen LogP contribution in [0.25, 0.3) is 21.3 Å². The van der Waals surface area contributed by atoms with Crippen molar-refractivity contribution in [2.75, 3.05) is 79.1 Å². The van der Waals surface area contributed by atoms with Gasteiger partial charge in [0.05, 0.1) is 6.10 Å². The summed E-state index contributed by atoms with van der Waals surface area (Å²) in [4.78, 5) is 22.6. The van der Waals surface area contributed by atoms with E-state index >= 15 is 0 Å². The van der Waals surface area contributed by atoms with E-state index in [2.05, 4.69) is 71.5 Å². The Kier molecular flexibility index (Phi) is 47.6. The topological polar surface area (TPSA) is 259 Å². The summed E-state index contributed by atoms with van der Waals surface area (Å²) in [6, 6.07) is 1.46. The molecule has 0 amide bonds. The van der Waals surface area contributed by atoms with E-state index in [9.17, 15) is 9.90 Å². The van der Waals surface area contributed by atoms with Crippen LogP contribution >= 0.6 is 0 Å². The van der Waals surface area contributed by atoms with Gasteiger partial charge in [0.25, 0.3) is 0 Å². The number of carbonyl (C=O) groups excluding carboxylic acids is 1. The monoisotopic (exact) mass is 1150 g/mol. The van der Waals surface area contributed by atoms with E-state index in [0.717, 1.165) is 121 Å². The second kappa shape index (κ2) is 45.8. The summed E-state index contributed by atoms with van der Waals surface area (Å²) < 4.78 is 0. The summed E-state index contributed by atoms with van der Waals surface area (Å²) in [6.07, 6.45) is 28.9.